The molecule has 0 saturated heterocycles. The summed E-state index contributed by atoms with van der Waals surface area (Å²) in [6.45, 7) is 2.14. The fourth-order valence-corrected chi connectivity index (χ4v) is 2.16. The third-order valence-electron chi connectivity index (χ3n) is 2.46. The number of aliphatic hydroxyl groups is 1. The monoisotopic (exact) mass is 291 g/mol. The largest absolute Gasteiger partial charge is 0.491 e. The van der Waals surface area contributed by atoms with Crippen LogP contribution in [0, 0.1) is 6.92 Å². The number of anilines is 1. The van der Waals surface area contributed by atoms with Crippen LogP contribution in [0.5, 0.6) is 5.75 Å². The highest BCUT2D eigenvalue weighted by molar-refractivity contribution is 7.99. The summed E-state index contributed by atoms with van der Waals surface area (Å²) >= 11 is 1.40. The number of nitrogens with zero attached hydrogens (tertiary/aromatic N) is 2. The molecule has 2 rings (SSSR count). The maximum atomic E-state index is 9.86. The van der Waals surface area contributed by atoms with Crippen LogP contribution in [0.3, 0.4) is 0 Å². The molecule has 20 heavy (non-hydrogen) atoms. The molecule has 1 atom stereocenters. The zero-order valence-corrected chi connectivity index (χ0v) is 12.0. The van der Waals surface area contributed by atoms with Gasteiger partial charge in [-0.15, -0.1) is 0 Å². The van der Waals surface area contributed by atoms with E-state index in [9.17, 15) is 5.11 Å². The van der Waals surface area contributed by atoms with Crippen molar-refractivity contribution in [3.8, 4) is 5.75 Å². The summed E-state index contributed by atoms with van der Waals surface area (Å²) in [6.07, 6.45) is 2.92. The van der Waals surface area contributed by atoms with Gasteiger partial charge in [0.05, 0.1) is 6.10 Å². The Kier molecular flexibility index (Phi) is 5.20. The van der Waals surface area contributed by atoms with E-state index in [1.165, 1.54) is 11.8 Å². The minimum Gasteiger partial charge on any atom is -0.491 e. The smallest absolute Gasteiger partial charge is 0.187 e. The van der Waals surface area contributed by atoms with Crippen molar-refractivity contribution in [1.82, 2.24) is 9.97 Å². The minimum absolute atomic E-state index is 0.211. The van der Waals surface area contributed by atoms with Gasteiger partial charge in [-0.3, -0.25) is 0 Å². The summed E-state index contributed by atoms with van der Waals surface area (Å²) in [6, 6.07) is 7.13. The van der Waals surface area contributed by atoms with Crippen LogP contribution in [0.1, 0.15) is 5.56 Å². The molecule has 5 nitrogen and oxygen atoms in total. The molecule has 0 radical (unpaired) electrons. The van der Waals surface area contributed by atoms with Crippen molar-refractivity contribution in [3.05, 3.63) is 42.2 Å². The second kappa shape index (κ2) is 7.12. The van der Waals surface area contributed by atoms with Crippen LogP contribution in [-0.2, 0) is 0 Å². The summed E-state index contributed by atoms with van der Waals surface area (Å²) < 4.78 is 5.47. The number of hydrogen-bond acceptors (Lipinski definition) is 6. The van der Waals surface area contributed by atoms with E-state index in [-0.39, 0.29) is 6.61 Å². The predicted octanol–water partition coefficient (Wildman–Crippen LogP) is 1.90. The van der Waals surface area contributed by atoms with Crippen molar-refractivity contribution in [1.29, 1.82) is 0 Å². The van der Waals surface area contributed by atoms with Gasteiger partial charge in [-0.2, -0.15) is 0 Å². The van der Waals surface area contributed by atoms with Gasteiger partial charge in [-0.25, -0.2) is 9.97 Å². The van der Waals surface area contributed by atoms with Crippen LogP contribution >= 0.6 is 11.8 Å². The number of ether oxygens (including phenoxy) is 1. The van der Waals surface area contributed by atoms with Gasteiger partial charge in [0.25, 0.3) is 0 Å². The number of aryl methyl sites for hydroxylation is 1. The number of hydrogen-bond donors (Lipinski definition) is 2. The molecule has 0 spiro atoms. The van der Waals surface area contributed by atoms with Crippen molar-refractivity contribution in [2.45, 2.75) is 18.2 Å². The number of nitrogens with two attached hydrogens (primary N) is 1. The zero-order valence-electron chi connectivity index (χ0n) is 11.2. The number of nitrogen functional groups attached to an aromatic ring is 1. The lowest BCUT2D eigenvalue weighted by atomic mass is 10.3. The Morgan fingerprint density at radius 1 is 1.35 bits per heavy atom. The summed E-state index contributed by atoms with van der Waals surface area (Å²) in [5.41, 5.74) is 7.30. The normalized spacial score (nSPS) is 12.1. The van der Waals surface area contributed by atoms with E-state index in [0.717, 1.165) is 5.56 Å². The first-order chi connectivity index (χ1) is 9.63. The molecule has 1 unspecified atom stereocenters. The molecule has 0 amide bonds. The lowest BCUT2D eigenvalue weighted by Crippen LogP contribution is -2.20. The van der Waals surface area contributed by atoms with Crippen molar-refractivity contribution < 1.29 is 9.84 Å². The molecule has 1 heterocycles. The molecular weight excluding hydrogens is 274 g/mol. The van der Waals surface area contributed by atoms with E-state index in [1.54, 1.807) is 30.6 Å². The van der Waals surface area contributed by atoms with E-state index < -0.39 is 6.10 Å². The van der Waals surface area contributed by atoms with Crippen LogP contribution < -0.4 is 10.5 Å². The Morgan fingerprint density at radius 2 is 2.10 bits per heavy atom. The number of rotatable bonds is 6. The maximum absolute atomic E-state index is 9.86. The summed E-state index contributed by atoms with van der Waals surface area (Å²) in [5.74, 6) is 1.13. The quantitative estimate of drug-likeness (QED) is 0.480. The molecule has 1 aromatic heterocycles. The Labute approximate surface area is 122 Å². The summed E-state index contributed by atoms with van der Waals surface area (Å²) in [5, 5.41) is 10.5. The van der Waals surface area contributed by atoms with Crippen molar-refractivity contribution in [3.63, 3.8) is 0 Å². The molecule has 106 valence electrons. The van der Waals surface area contributed by atoms with Crippen LogP contribution in [0.15, 0.2) is 41.8 Å². The minimum atomic E-state index is -0.591. The number of aliphatic hydroxyl groups excluding tert-OH is 1. The standard InChI is InChI=1S/C14H17N3O2S/c1-10-6-16-14(17-7-10)20-9-12(18)8-19-13-4-2-3-11(15)5-13/h2-7,12,18H,8-9,15H2,1H3. The van der Waals surface area contributed by atoms with Gasteiger partial charge in [0, 0.05) is 29.9 Å². The first-order valence-electron chi connectivity index (χ1n) is 6.21. The molecule has 0 bridgehead atoms. The average molecular weight is 291 g/mol. The Hall–Kier alpha value is -1.79. The summed E-state index contributed by atoms with van der Waals surface area (Å²) in [7, 11) is 0. The van der Waals surface area contributed by atoms with Crippen LogP contribution in [-0.4, -0.2) is 33.5 Å². The number of thioether (sulfide) groups is 1. The van der Waals surface area contributed by atoms with Gasteiger partial charge in [0.1, 0.15) is 12.4 Å². The second-order valence-electron chi connectivity index (χ2n) is 4.39. The highest BCUT2D eigenvalue weighted by Crippen LogP contribution is 2.16. The van der Waals surface area contributed by atoms with Gasteiger partial charge in [-0.05, 0) is 24.6 Å². The van der Waals surface area contributed by atoms with Gasteiger partial charge in [0.2, 0.25) is 0 Å². The predicted molar refractivity (Wildman–Crippen MR) is 79.8 cm³/mol. The van der Waals surface area contributed by atoms with E-state index in [4.69, 9.17) is 10.5 Å². The van der Waals surface area contributed by atoms with Gasteiger partial charge in [-0.1, -0.05) is 17.8 Å². The zero-order chi connectivity index (χ0) is 14.4. The second-order valence-corrected chi connectivity index (χ2v) is 5.38. The molecule has 6 heteroatoms. The van der Waals surface area contributed by atoms with Crippen LogP contribution in [0.4, 0.5) is 5.69 Å². The summed E-state index contributed by atoms with van der Waals surface area (Å²) in [4.78, 5) is 8.33. The van der Waals surface area contributed by atoms with Crippen molar-refractivity contribution >= 4 is 17.4 Å². The lowest BCUT2D eigenvalue weighted by Gasteiger charge is -2.11. The third-order valence-corrected chi connectivity index (χ3v) is 3.48. The van der Waals surface area contributed by atoms with E-state index in [2.05, 4.69) is 9.97 Å². The van der Waals surface area contributed by atoms with Gasteiger partial charge in [0.15, 0.2) is 5.16 Å². The molecule has 0 saturated carbocycles. The number of benzene rings is 1. The van der Waals surface area contributed by atoms with E-state index in [0.29, 0.717) is 22.3 Å². The fourth-order valence-electron chi connectivity index (χ4n) is 1.47. The maximum Gasteiger partial charge on any atom is 0.187 e. The molecule has 0 fully saturated rings. The first kappa shape index (κ1) is 14.6. The van der Waals surface area contributed by atoms with Crippen molar-refractivity contribution in [2.24, 2.45) is 0 Å². The SMILES string of the molecule is Cc1cnc(SCC(O)COc2cccc(N)c2)nc1. The number of aromatic nitrogens is 2. The molecule has 1 aromatic carbocycles. The van der Waals surface area contributed by atoms with Gasteiger partial charge < -0.3 is 15.6 Å². The highest BCUT2D eigenvalue weighted by Gasteiger charge is 2.08. The van der Waals surface area contributed by atoms with Crippen LogP contribution in [0.25, 0.3) is 0 Å². The molecule has 2 aromatic rings. The fraction of sp³-hybridized carbons (Fsp3) is 0.286. The first-order valence-corrected chi connectivity index (χ1v) is 7.20. The molecule has 0 aliphatic heterocycles. The Morgan fingerprint density at radius 3 is 2.80 bits per heavy atom. The third kappa shape index (κ3) is 4.71. The lowest BCUT2D eigenvalue weighted by molar-refractivity contribution is 0.126. The van der Waals surface area contributed by atoms with Crippen LogP contribution in [0.2, 0.25) is 0 Å². The van der Waals surface area contributed by atoms with Crippen molar-refractivity contribution in [2.75, 3.05) is 18.1 Å². The molecule has 0 aliphatic rings. The Bertz CT molecular complexity index is 548. The molecule has 3 N–H and O–H groups in total. The molecular formula is C14H17N3O2S. The highest BCUT2D eigenvalue weighted by atomic mass is 32.2. The van der Waals surface area contributed by atoms with E-state index in [1.807, 2.05) is 13.0 Å². The van der Waals surface area contributed by atoms with E-state index >= 15 is 0 Å². The topological polar surface area (TPSA) is 81.3 Å². The van der Waals surface area contributed by atoms with Gasteiger partial charge >= 0.3 is 0 Å². The molecule has 0 aliphatic carbocycles. The average Bonchev–Trinajstić information content (AvgIpc) is 2.45. The Balaban J connectivity index is 1.75.